The van der Waals surface area contributed by atoms with Gasteiger partial charge in [-0.2, -0.15) is 18.4 Å². The number of hydrogen-bond acceptors (Lipinski definition) is 4. The van der Waals surface area contributed by atoms with Gasteiger partial charge >= 0.3 is 12.1 Å². The van der Waals surface area contributed by atoms with Gasteiger partial charge in [0.1, 0.15) is 17.7 Å². The van der Waals surface area contributed by atoms with E-state index in [4.69, 9.17) is 10.8 Å². The maximum absolute atomic E-state index is 14.8. The minimum atomic E-state index is -4.60. The first-order valence-corrected chi connectivity index (χ1v) is 13.1. The van der Waals surface area contributed by atoms with Crippen molar-refractivity contribution >= 4 is 22.7 Å². The SMILES string of the molecule is N#Cc1c(-c2c[nH]c3c(F)cc(F)cc23)nc(N)c(F)c1-c1ccc(C(F)(F)F)cc1.O=C(O)C1CC2CCC1CC2. The number of aromatic nitrogens is 2. The second kappa shape index (κ2) is 11.0. The number of hydrogen-bond donors (Lipinski definition) is 3. The van der Waals surface area contributed by atoms with Crippen LogP contribution in [-0.2, 0) is 11.0 Å². The van der Waals surface area contributed by atoms with Gasteiger partial charge in [0.05, 0.1) is 28.3 Å². The van der Waals surface area contributed by atoms with Gasteiger partial charge in [-0.3, -0.25) is 4.79 Å². The fourth-order valence-corrected chi connectivity index (χ4v) is 6.01. The number of nitrogens with two attached hydrogens (primary N) is 1. The highest BCUT2D eigenvalue weighted by atomic mass is 19.4. The van der Waals surface area contributed by atoms with Crippen molar-refractivity contribution in [3.63, 3.8) is 0 Å². The van der Waals surface area contributed by atoms with Gasteiger partial charge in [-0.25, -0.2) is 18.2 Å². The van der Waals surface area contributed by atoms with Crippen molar-refractivity contribution in [1.82, 2.24) is 9.97 Å². The fraction of sp³-hybridized carbons (Fsp3) is 0.300. The summed E-state index contributed by atoms with van der Waals surface area (Å²) in [5.41, 5.74) is 3.76. The molecule has 0 amide bonds. The van der Waals surface area contributed by atoms with Crippen LogP contribution in [0.5, 0.6) is 0 Å². The number of nitrogens with zero attached hydrogens (tertiary/aromatic N) is 2. The number of halogens is 6. The summed E-state index contributed by atoms with van der Waals surface area (Å²) in [6.45, 7) is 0. The van der Waals surface area contributed by atoms with Crippen LogP contribution in [-0.4, -0.2) is 21.0 Å². The number of benzene rings is 2. The number of carbonyl (C=O) groups is 1. The number of nitrogen functional groups attached to an aromatic ring is 1. The lowest BCUT2D eigenvalue weighted by Crippen LogP contribution is -2.35. The standard InChI is InChI=1S/C21H10F6N4.C9H14O2/c22-11-5-12-14(8-30-19(12)15(23)6-11)18-13(7-28)16(17(24)20(29)31-18)9-1-3-10(4-2-9)21(25,26)27;10-9(11)8-5-6-1-3-7(8)4-2-6/h1-6,8,30H,(H2,29,31);6-8H,1-5H2,(H,10,11). The average Bonchev–Trinajstić information content (AvgIpc) is 3.38. The Balaban J connectivity index is 0.000000267. The van der Waals surface area contributed by atoms with Gasteiger partial charge in [-0.1, -0.05) is 25.0 Å². The number of aliphatic carboxylic acids is 1. The molecule has 0 saturated heterocycles. The molecule has 3 aliphatic rings. The number of carboxylic acids is 1. The number of alkyl halides is 3. The van der Waals surface area contributed by atoms with Crippen molar-refractivity contribution in [3.05, 3.63) is 71.2 Å². The van der Waals surface area contributed by atoms with Crippen LogP contribution in [0.4, 0.5) is 32.2 Å². The number of fused-ring (bicyclic) bond motifs is 4. The summed E-state index contributed by atoms with van der Waals surface area (Å²) >= 11 is 0. The Morgan fingerprint density at radius 2 is 1.74 bits per heavy atom. The first-order valence-electron chi connectivity index (χ1n) is 13.1. The molecule has 2 aromatic carbocycles. The second-order valence-electron chi connectivity index (χ2n) is 10.6. The zero-order valence-corrected chi connectivity index (χ0v) is 21.9. The van der Waals surface area contributed by atoms with Gasteiger partial charge in [0.2, 0.25) is 0 Å². The molecule has 6 nitrogen and oxygen atoms in total. The van der Waals surface area contributed by atoms with Gasteiger partial charge in [-0.15, -0.1) is 0 Å². The minimum Gasteiger partial charge on any atom is -0.481 e. The molecule has 2 aromatic heterocycles. The van der Waals surface area contributed by atoms with Crippen LogP contribution < -0.4 is 5.73 Å². The number of nitriles is 1. The van der Waals surface area contributed by atoms with Crippen LogP contribution in [0.1, 0.15) is 43.2 Å². The number of pyridine rings is 1. The molecule has 0 spiro atoms. The van der Waals surface area contributed by atoms with Crippen molar-refractivity contribution in [2.75, 3.05) is 5.73 Å². The van der Waals surface area contributed by atoms with Crippen molar-refractivity contribution < 1.29 is 36.2 Å². The Bertz CT molecular complexity index is 1700. The van der Waals surface area contributed by atoms with Crippen LogP contribution in [0.15, 0.2) is 42.6 Å². The van der Waals surface area contributed by atoms with Crippen molar-refractivity contribution in [1.29, 1.82) is 5.26 Å². The van der Waals surface area contributed by atoms with E-state index < -0.39 is 41.0 Å². The Labute approximate surface area is 235 Å². The average molecular weight is 587 g/mol. The molecule has 4 aromatic rings. The van der Waals surface area contributed by atoms with Gasteiger partial charge in [0.15, 0.2) is 11.6 Å². The number of nitrogens with one attached hydrogen (secondary N) is 1. The Morgan fingerprint density at radius 1 is 1.07 bits per heavy atom. The molecule has 2 heterocycles. The predicted molar refractivity (Wildman–Crippen MR) is 142 cm³/mol. The summed E-state index contributed by atoms with van der Waals surface area (Å²) in [5.74, 6) is -2.81. The second-order valence-corrected chi connectivity index (χ2v) is 10.6. The third-order valence-electron chi connectivity index (χ3n) is 8.10. The summed E-state index contributed by atoms with van der Waals surface area (Å²) in [5, 5.41) is 18.6. The lowest BCUT2D eigenvalue weighted by atomic mass is 9.65. The van der Waals surface area contributed by atoms with Crippen molar-refractivity contribution in [2.45, 2.75) is 38.3 Å². The zero-order chi connectivity index (χ0) is 30.3. The topological polar surface area (TPSA) is 116 Å². The van der Waals surface area contributed by atoms with Gasteiger partial charge in [-0.05, 0) is 54.9 Å². The van der Waals surface area contributed by atoms with Gasteiger partial charge in [0.25, 0.3) is 0 Å². The number of anilines is 1. The lowest BCUT2D eigenvalue weighted by molar-refractivity contribution is -0.147. The van der Waals surface area contributed by atoms with E-state index in [1.807, 2.05) is 0 Å². The molecule has 42 heavy (non-hydrogen) atoms. The van der Waals surface area contributed by atoms with Crippen LogP contribution >= 0.6 is 0 Å². The highest BCUT2D eigenvalue weighted by molar-refractivity contribution is 5.98. The maximum atomic E-state index is 14.8. The van der Waals surface area contributed by atoms with Gasteiger partial charge in [0, 0.05) is 28.8 Å². The Hall–Kier alpha value is -4.53. The van der Waals surface area contributed by atoms with E-state index in [0.29, 0.717) is 12.0 Å². The van der Waals surface area contributed by atoms with E-state index in [0.717, 1.165) is 42.7 Å². The molecule has 0 radical (unpaired) electrons. The molecule has 12 heteroatoms. The van der Waals surface area contributed by atoms with Crippen LogP contribution in [0.2, 0.25) is 0 Å². The van der Waals surface area contributed by atoms with E-state index in [-0.39, 0.29) is 44.8 Å². The number of rotatable bonds is 3. The first kappa shape index (κ1) is 29.0. The molecule has 3 saturated carbocycles. The molecule has 2 bridgehead atoms. The third-order valence-corrected chi connectivity index (χ3v) is 8.10. The molecular formula is C30H24F6N4O2. The number of carboxylic acid groups (broad SMARTS) is 1. The quantitative estimate of drug-likeness (QED) is 0.213. The van der Waals surface area contributed by atoms with Crippen LogP contribution in [0, 0.1) is 46.5 Å². The van der Waals surface area contributed by atoms with E-state index in [1.54, 1.807) is 6.07 Å². The third kappa shape index (κ3) is 5.38. The van der Waals surface area contributed by atoms with Crippen molar-refractivity contribution in [2.24, 2.45) is 17.8 Å². The molecule has 1 unspecified atom stereocenters. The van der Waals surface area contributed by atoms with E-state index in [9.17, 15) is 36.4 Å². The lowest BCUT2D eigenvalue weighted by Gasteiger charge is -2.40. The molecule has 1 atom stereocenters. The predicted octanol–water partition coefficient (Wildman–Crippen LogP) is 7.68. The maximum Gasteiger partial charge on any atom is 0.416 e. The Kier molecular flexibility index (Phi) is 7.62. The minimum absolute atomic E-state index is 0.00231. The number of H-pyrrole nitrogens is 1. The Morgan fingerprint density at radius 3 is 2.26 bits per heavy atom. The van der Waals surface area contributed by atoms with E-state index >= 15 is 0 Å². The smallest absolute Gasteiger partial charge is 0.416 e. The largest absolute Gasteiger partial charge is 0.481 e. The monoisotopic (exact) mass is 586 g/mol. The summed E-state index contributed by atoms with van der Waals surface area (Å²) < 4.78 is 81.2. The highest BCUT2D eigenvalue weighted by Gasteiger charge is 2.39. The molecule has 3 aliphatic carbocycles. The molecule has 4 N–H and O–H groups in total. The first-order chi connectivity index (χ1) is 19.9. The molecular weight excluding hydrogens is 562 g/mol. The molecule has 7 rings (SSSR count). The van der Waals surface area contributed by atoms with Crippen molar-refractivity contribution in [3.8, 4) is 28.5 Å². The molecule has 0 aliphatic heterocycles. The van der Waals surface area contributed by atoms with E-state index in [2.05, 4.69) is 9.97 Å². The summed E-state index contributed by atoms with van der Waals surface area (Å²) in [6.07, 6.45) is 2.52. The summed E-state index contributed by atoms with van der Waals surface area (Å²) in [6, 6.07) is 6.92. The molecule has 3 fully saturated rings. The highest BCUT2D eigenvalue weighted by Crippen LogP contribution is 2.45. The van der Waals surface area contributed by atoms with Gasteiger partial charge < -0.3 is 15.8 Å². The summed E-state index contributed by atoms with van der Waals surface area (Å²) in [4.78, 5) is 17.2. The number of aromatic amines is 1. The van der Waals surface area contributed by atoms with Crippen LogP contribution in [0.25, 0.3) is 33.3 Å². The zero-order valence-electron chi connectivity index (χ0n) is 21.9. The molecule has 218 valence electrons. The fourth-order valence-electron chi connectivity index (χ4n) is 6.01. The summed E-state index contributed by atoms with van der Waals surface area (Å²) in [7, 11) is 0. The van der Waals surface area contributed by atoms with Crippen LogP contribution in [0.3, 0.4) is 0 Å². The normalized spacial score (nSPS) is 19.7. The van der Waals surface area contributed by atoms with E-state index in [1.165, 1.54) is 31.9 Å².